The molecule has 2 N–H and O–H groups in total. The summed E-state index contributed by atoms with van der Waals surface area (Å²) >= 11 is 6.90. The lowest BCUT2D eigenvalue weighted by Gasteiger charge is -2.23. The van der Waals surface area contributed by atoms with Crippen LogP contribution in [-0.2, 0) is 16.1 Å². The Morgan fingerprint density at radius 2 is 2.17 bits per heavy atom. The number of hydrogen-bond acceptors (Lipinski definition) is 6. The number of H-pyrrole nitrogens is 1. The summed E-state index contributed by atoms with van der Waals surface area (Å²) in [5.41, 5.74) is -0.550. The van der Waals surface area contributed by atoms with Crippen LogP contribution in [0.4, 0.5) is 4.79 Å². The number of rotatable bonds is 5. The van der Waals surface area contributed by atoms with E-state index in [1.54, 1.807) is 16.2 Å². The fourth-order valence-corrected chi connectivity index (χ4v) is 4.25. The van der Waals surface area contributed by atoms with Gasteiger partial charge in [-0.15, -0.1) is 11.3 Å². The fourth-order valence-electron chi connectivity index (χ4n) is 3.30. The maximum atomic E-state index is 12.8. The van der Waals surface area contributed by atoms with E-state index in [2.05, 4.69) is 15.5 Å². The number of aromatic amines is 1. The lowest BCUT2D eigenvalue weighted by Crippen LogP contribution is -2.43. The maximum Gasteiger partial charge on any atom is 0.407 e. The van der Waals surface area contributed by atoms with Gasteiger partial charge in [0.1, 0.15) is 5.60 Å². The van der Waals surface area contributed by atoms with Gasteiger partial charge in [-0.05, 0) is 50.4 Å². The van der Waals surface area contributed by atoms with Crippen LogP contribution in [0, 0.1) is 10.7 Å². The number of hydrogen-bond donors (Lipinski definition) is 2. The minimum absolute atomic E-state index is 0.0329. The van der Waals surface area contributed by atoms with Gasteiger partial charge in [-0.2, -0.15) is 5.10 Å². The summed E-state index contributed by atoms with van der Waals surface area (Å²) in [5.74, 6) is 0.937. The van der Waals surface area contributed by atoms with Crippen LogP contribution >= 0.6 is 23.6 Å². The zero-order valence-electron chi connectivity index (χ0n) is 17.1. The smallest absolute Gasteiger partial charge is 0.407 e. The van der Waals surface area contributed by atoms with Crippen molar-refractivity contribution in [2.24, 2.45) is 5.92 Å². The second-order valence-corrected chi connectivity index (χ2v) is 9.59. The molecule has 158 valence electrons. The second kappa shape index (κ2) is 8.66. The molecule has 0 radical (unpaired) electrons. The van der Waals surface area contributed by atoms with Gasteiger partial charge in [0, 0.05) is 26.1 Å². The Morgan fingerprint density at radius 3 is 2.83 bits per heavy atom. The zero-order chi connectivity index (χ0) is 21.2. The van der Waals surface area contributed by atoms with Crippen LogP contribution in [0.15, 0.2) is 17.5 Å². The van der Waals surface area contributed by atoms with Gasteiger partial charge in [0.2, 0.25) is 5.91 Å². The highest BCUT2D eigenvalue weighted by Gasteiger charge is 2.34. The van der Waals surface area contributed by atoms with Gasteiger partial charge in [-0.1, -0.05) is 13.0 Å². The van der Waals surface area contributed by atoms with Crippen molar-refractivity contribution < 1.29 is 14.3 Å². The highest BCUT2D eigenvalue weighted by atomic mass is 32.1. The molecule has 0 aromatic carbocycles. The molecule has 0 aliphatic carbocycles. The molecule has 1 aliphatic rings. The Balaban J connectivity index is 1.57. The first-order valence-corrected chi connectivity index (χ1v) is 10.9. The van der Waals surface area contributed by atoms with Crippen molar-refractivity contribution in [2.75, 3.05) is 13.1 Å². The topological polar surface area (TPSA) is 92.3 Å². The molecule has 0 unspecified atom stereocenters. The van der Waals surface area contributed by atoms with Gasteiger partial charge in [0.15, 0.2) is 10.6 Å². The van der Waals surface area contributed by atoms with Gasteiger partial charge in [-0.25, -0.2) is 4.79 Å². The van der Waals surface area contributed by atoms with E-state index in [1.807, 2.05) is 49.8 Å². The quantitative estimate of drug-likeness (QED) is 0.699. The average Bonchev–Trinajstić information content (AvgIpc) is 3.33. The molecule has 3 heterocycles. The highest BCUT2D eigenvalue weighted by Crippen LogP contribution is 2.23. The predicted octanol–water partition coefficient (Wildman–Crippen LogP) is 3.43. The van der Waals surface area contributed by atoms with E-state index < -0.39 is 11.7 Å². The Kier molecular flexibility index (Phi) is 6.42. The van der Waals surface area contributed by atoms with Crippen LogP contribution in [0.1, 0.15) is 34.1 Å². The number of nitrogens with zero attached hydrogens (tertiary/aromatic N) is 3. The van der Waals surface area contributed by atoms with E-state index in [4.69, 9.17) is 17.0 Å². The number of likely N-dealkylation sites (tertiary alicyclic amines) is 1. The van der Waals surface area contributed by atoms with E-state index in [1.165, 1.54) is 0 Å². The Labute approximate surface area is 179 Å². The fraction of sp³-hybridized carbons (Fsp3) is 0.579. The number of thiophene rings is 1. The van der Waals surface area contributed by atoms with Gasteiger partial charge >= 0.3 is 6.09 Å². The Bertz CT molecular complexity index is 913. The molecule has 29 heavy (non-hydrogen) atoms. The number of carbonyl (C=O) groups excluding carboxylic acids is 2. The van der Waals surface area contributed by atoms with E-state index in [-0.39, 0.29) is 17.9 Å². The van der Waals surface area contributed by atoms with Crippen LogP contribution in [-0.4, -0.2) is 56.4 Å². The molecule has 2 amide bonds. The molecule has 2 atom stereocenters. The maximum absolute atomic E-state index is 12.8. The molecule has 1 saturated heterocycles. The largest absolute Gasteiger partial charge is 0.444 e. The molecule has 0 bridgehead atoms. The Hall–Kier alpha value is -2.20. The van der Waals surface area contributed by atoms with Gasteiger partial charge < -0.3 is 15.0 Å². The summed E-state index contributed by atoms with van der Waals surface area (Å²) in [5, 5.41) is 12.0. The van der Waals surface area contributed by atoms with Crippen LogP contribution in [0.2, 0.25) is 0 Å². The standard InChI is InChI=1S/C19H27N5O3S2/c1-12-10-23(11-13(12)20-18(26)27-19(2,3)4)15(25)7-8-24-16(21-22-17(24)28)14-6-5-9-29-14/h5-6,9,12-13H,7-8,10-11H2,1-4H3,(H,20,26)(H,22,28)/t12-,13-/m0/s1. The third-order valence-corrected chi connectivity index (χ3v) is 5.89. The first kappa shape index (κ1) is 21.5. The van der Waals surface area contributed by atoms with E-state index in [0.29, 0.717) is 30.8 Å². The van der Waals surface area contributed by atoms with Crippen molar-refractivity contribution >= 4 is 35.6 Å². The summed E-state index contributed by atoms with van der Waals surface area (Å²) in [7, 11) is 0. The van der Waals surface area contributed by atoms with Gasteiger partial charge in [0.05, 0.1) is 10.9 Å². The van der Waals surface area contributed by atoms with Crippen LogP contribution in [0.3, 0.4) is 0 Å². The number of alkyl carbamates (subject to hydrolysis) is 1. The summed E-state index contributed by atoms with van der Waals surface area (Å²) in [6.45, 7) is 9.04. The lowest BCUT2D eigenvalue weighted by molar-refractivity contribution is -0.130. The molecule has 1 aliphatic heterocycles. The van der Waals surface area contributed by atoms with Gasteiger partial charge in [-0.3, -0.25) is 14.5 Å². The number of nitrogens with one attached hydrogen (secondary N) is 2. The summed E-state index contributed by atoms with van der Waals surface area (Å²) in [6.07, 6.45) is -0.133. The Morgan fingerprint density at radius 1 is 1.41 bits per heavy atom. The molecule has 0 spiro atoms. The van der Waals surface area contributed by atoms with Crippen molar-refractivity contribution in [1.29, 1.82) is 0 Å². The second-order valence-electron chi connectivity index (χ2n) is 8.26. The lowest BCUT2D eigenvalue weighted by atomic mass is 10.1. The van der Waals surface area contributed by atoms with Crippen molar-refractivity contribution in [1.82, 2.24) is 25.0 Å². The predicted molar refractivity (Wildman–Crippen MR) is 114 cm³/mol. The molecular formula is C19H27N5O3S2. The molecule has 2 aromatic rings. The zero-order valence-corrected chi connectivity index (χ0v) is 18.7. The number of amides is 2. The van der Waals surface area contributed by atoms with E-state index >= 15 is 0 Å². The summed E-state index contributed by atoms with van der Waals surface area (Å²) < 4.78 is 7.68. The molecule has 8 nitrogen and oxygen atoms in total. The van der Waals surface area contributed by atoms with Crippen molar-refractivity contribution in [3.05, 3.63) is 22.3 Å². The van der Waals surface area contributed by atoms with E-state index in [0.717, 1.165) is 10.7 Å². The SMILES string of the molecule is C[C@H]1CN(C(=O)CCn2c(-c3cccs3)n[nH]c2=S)C[C@@H]1NC(=O)OC(C)(C)C. The first-order chi connectivity index (χ1) is 13.6. The minimum atomic E-state index is -0.550. The molecule has 2 aromatic heterocycles. The van der Waals surface area contributed by atoms with Crippen molar-refractivity contribution in [2.45, 2.75) is 52.3 Å². The summed E-state index contributed by atoms with van der Waals surface area (Å²) in [4.78, 5) is 27.6. The summed E-state index contributed by atoms with van der Waals surface area (Å²) in [6, 6.07) is 3.81. The third-order valence-electron chi connectivity index (χ3n) is 4.72. The minimum Gasteiger partial charge on any atom is -0.444 e. The van der Waals surface area contributed by atoms with Crippen LogP contribution in [0.5, 0.6) is 0 Å². The third kappa shape index (κ3) is 5.45. The number of ether oxygens (including phenoxy) is 1. The molecule has 3 rings (SSSR count). The number of aromatic nitrogens is 3. The average molecular weight is 438 g/mol. The molecule has 10 heteroatoms. The van der Waals surface area contributed by atoms with Crippen molar-refractivity contribution in [3.8, 4) is 10.7 Å². The monoisotopic (exact) mass is 437 g/mol. The normalized spacial score (nSPS) is 19.4. The van der Waals surface area contributed by atoms with Gasteiger partial charge in [0.25, 0.3) is 0 Å². The van der Waals surface area contributed by atoms with Crippen LogP contribution < -0.4 is 5.32 Å². The van der Waals surface area contributed by atoms with E-state index in [9.17, 15) is 9.59 Å². The highest BCUT2D eigenvalue weighted by molar-refractivity contribution is 7.71. The molecule has 0 saturated carbocycles. The molecular weight excluding hydrogens is 410 g/mol. The first-order valence-electron chi connectivity index (χ1n) is 9.60. The van der Waals surface area contributed by atoms with Crippen molar-refractivity contribution in [3.63, 3.8) is 0 Å². The van der Waals surface area contributed by atoms with Crippen LogP contribution in [0.25, 0.3) is 10.7 Å². The number of carbonyl (C=O) groups is 2. The molecule has 1 fully saturated rings.